The molecule has 0 saturated carbocycles. The number of hydrogen-bond donors (Lipinski definition) is 2. The Morgan fingerprint density at radius 2 is 1.86 bits per heavy atom. The molecule has 1 atom stereocenters. The van der Waals surface area contributed by atoms with E-state index < -0.39 is 0 Å². The van der Waals surface area contributed by atoms with Crippen LogP contribution in [0.15, 0.2) is 42.5 Å². The Morgan fingerprint density at radius 3 is 2.52 bits per heavy atom. The van der Waals surface area contributed by atoms with E-state index in [1.165, 1.54) is 16.7 Å². The molecule has 1 aliphatic rings. The lowest BCUT2D eigenvalue weighted by atomic mass is 9.95. The zero-order chi connectivity index (χ0) is 14.8. The first-order valence-corrected chi connectivity index (χ1v) is 7.40. The molecule has 0 bridgehead atoms. The molecule has 1 unspecified atom stereocenters. The van der Waals surface area contributed by atoms with Gasteiger partial charge in [0.15, 0.2) is 0 Å². The molecule has 2 N–H and O–H groups in total. The van der Waals surface area contributed by atoms with Gasteiger partial charge in [0.05, 0.1) is 12.5 Å². The standard InChI is InChI=1S/C18H20N2O/c1-3-12-4-6-13(7-5-12)18(19-2)14-8-9-16-15(10-14)11-17(21)20-16/h4-10,18-19H,3,11H2,1-2H3,(H,20,21). The summed E-state index contributed by atoms with van der Waals surface area (Å²) in [5, 5.41) is 6.25. The summed E-state index contributed by atoms with van der Waals surface area (Å²) in [6.45, 7) is 2.16. The lowest BCUT2D eigenvalue weighted by Gasteiger charge is -2.18. The van der Waals surface area contributed by atoms with Gasteiger partial charge in [0.1, 0.15) is 0 Å². The van der Waals surface area contributed by atoms with Crippen molar-refractivity contribution in [3.63, 3.8) is 0 Å². The predicted molar refractivity (Wildman–Crippen MR) is 85.5 cm³/mol. The zero-order valence-corrected chi connectivity index (χ0v) is 12.4. The van der Waals surface area contributed by atoms with Crippen molar-refractivity contribution in [2.75, 3.05) is 12.4 Å². The Bertz CT molecular complexity index is 661. The van der Waals surface area contributed by atoms with Gasteiger partial charge in [-0.1, -0.05) is 43.3 Å². The molecular weight excluding hydrogens is 260 g/mol. The highest BCUT2D eigenvalue weighted by atomic mass is 16.1. The van der Waals surface area contributed by atoms with E-state index in [-0.39, 0.29) is 11.9 Å². The maximum atomic E-state index is 11.5. The van der Waals surface area contributed by atoms with Crippen molar-refractivity contribution < 1.29 is 4.79 Å². The Morgan fingerprint density at radius 1 is 1.14 bits per heavy atom. The second-order valence-corrected chi connectivity index (χ2v) is 5.46. The van der Waals surface area contributed by atoms with Crippen LogP contribution < -0.4 is 10.6 Å². The average Bonchev–Trinajstić information content (AvgIpc) is 2.88. The number of hydrogen-bond acceptors (Lipinski definition) is 2. The normalized spacial score (nSPS) is 14.7. The smallest absolute Gasteiger partial charge is 0.228 e. The lowest BCUT2D eigenvalue weighted by Crippen LogP contribution is -2.17. The first-order valence-electron chi connectivity index (χ1n) is 7.40. The first-order chi connectivity index (χ1) is 10.2. The van der Waals surface area contributed by atoms with Gasteiger partial charge in [-0.15, -0.1) is 0 Å². The Labute approximate surface area is 125 Å². The van der Waals surface area contributed by atoms with Gasteiger partial charge < -0.3 is 10.6 Å². The summed E-state index contributed by atoms with van der Waals surface area (Å²) >= 11 is 0. The van der Waals surface area contributed by atoms with E-state index in [1.807, 2.05) is 13.1 Å². The van der Waals surface area contributed by atoms with Gasteiger partial charge in [-0.3, -0.25) is 4.79 Å². The maximum absolute atomic E-state index is 11.5. The Balaban J connectivity index is 1.92. The number of benzene rings is 2. The molecule has 3 nitrogen and oxygen atoms in total. The lowest BCUT2D eigenvalue weighted by molar-refractivity contribution is -0.115. The number of fused-ring (bicyclic) bond motifs is 1. The molecule has 3 heteroatoms. The van der Waals surface area contributed by atoms with Crippen LogP contribution in [0.1, 0.15) is 35.2 Å². The molecule has 2 aromatic rings. The molecule has 0 aliphatic carbocycles. The Hall–Kier alpha value is -2.13. The zero-order valence-electron chi connectivity index (χ0n) is 12.4. The van der Waals surface area contributed by atoms with Gasteiger partial charge in [0, 0.05) is 5.69 Å². The molecule has 1 heterocycles. The van der Waals surface area contributed by atoms with Crippen molar-refractivity contribution in [1.82, 2.24) is 5.32 Å². The van der Waals surface area contributed by atoms with E-state index in [2.05, 4.69) is 54.0 Å². The average molecular weight is 280 g/mol. The number of rotatable bonds is 4. The second-order valence-electron chi connectivity index (χ2n) is 5.46. The van der Waals surface area contributed by atoms with Crippen LogP contribution in [0.25, 0.3) is 0 Å². The highest BCUT2D eigenvalue weighted by Crippen LogP contribution is 2.29. The summed E-state index contributed by atoms with van der Waals surface area (Å²) in [5.74, 6) is 0.0791. The first kappa shape index (κ1) is 13.8. The molecule has 0 aromatic heterocycles. The third-order valence-corrected chi connectivity index (χ3v) is 4.10. The summed E-state index contributed by atoms with van der Waals surface area (Å²) in [5.41, 5.74) is 5.81. The van der Waals surface area contributed by atoms with E-state index in [9.17, 15) is 4.79 Å². The van der Waals surface area contributed by atoms with Gasteiger partial charge in [-0.05, 0) is 41.8 Å². The van der Waals surface area contributed by atoms with Crippen LogP contribution in [0, 0.1) is 0 Å². The second kappa shape index (κ2) is 5.70. The maximum Gasteiger partial charge on any atom is 0.228 e. The van der Waals surface area contributed by atoms with E-state index in [1.54, 1.807) is 0 Å². The number of carbonyl (C=O) groups excluding carboxylic acids is 1. The molecule has 108 valence electrons. The van der Waals surface area contributed by atoms with Crippen LogP contribution in [0.5, 0.6) is 0 Å². The van der Waals surface area contributed by atoms with E-state index in [0.29, 0.717) is 6.42 Å². The van der Waals surface area contributed by atoms with Crippen LogP contribution in [0.4, 0.5) is 5.69 Å². The third kappa shape index (κ3) is 2.69. The fourth-order valence-corrected chi connectivity index (χ4v) is 2.90. The topological polar surface area (TPSA) is 41.1 Å². The van der Waals surface area contributed by atoms with Crippen LogP contribution in [-0.4, -0.2) is 13.0 Å². The molecule has 0 radical (unpaired) electrons. The largest absolute Gasteiger partial charge is 0.326 e. The number of aryl methyl sites for hydroxylation is 1. The summed E-state index contributed by atoms with van der Waals surface area (Å²) in [7, 11) is 1.97. The monoisotopic (exact) mass is 280 g/mol. The highest BCUT2D eigenvalue weighted by Gasteiger charge is 2.20. The minimum Gasteiger partial charge on any atom is -0.326 e. The minimum absolute atomic E-state index is 0.0791. The van der Waals surface area contributed by atoms with Crippen LogP contribution >= 0.6 is 0 Å². The van der Waals surface area contributed by atoms with E-state index in [4.69, 9.17) is 0 Å². The summed E-state index contributed by atoms with van der Waals surface area (Å²) in [4.78, 5) is 11.5. The van der Waals surface area contributed by atoms with Crippen molar-refractivity contribution in [1.29, 1.82) is 0 Å². The summed E-state index contributed by atoms with van der Waals surface area (Å²) in [6.07, 6.45) is 1.53. The quantitative estimate of drug-likeness (QED) is 0.903. The van der Waals surface area contributed by atoms with Crippen LogP contribution in [-0.2, 0) is 17.6 Å². The SMILES string of the molecule is CCc1ccc(C(NC)c2ccc3c(c2)CC(=O)N3)cc1. The van der Waals surface area contributed by atoms with Crippen molar-refractivity contribution in [3.05, 3.63) is 64.7 Å². The van der Waals surface area contributed by atoms with Crippen molar-refractivity contribution in [3.8, 4) is 0 Å². The predicted octanol–water partition coefficient (Wildman–Crippen LogP) is 3.05. The number of amides is 1. The number of anilines is 1. The number of carbonyl (C=O) groups is 1. The fraction of sp³-hybridized carbons (Fsp3) is 0.278. The summed E-state index contributed by atoms with van der Waals surface area (Å²) < 4.78 is 0. The van der Waals surface area contributed by atoms with Crippen molar-refractivity contribution >= 4 is 11.6 Å². The van der Waals surface area contributed by atoms with Gasteiger partial charge in [-0.2, -0.15) is 0 Å². The van der Waals surface area contributed by atoms with E-state index in [0.717, 1.165) is 17.7 Å². The van der Waals surface area contributed by atoms with Gasteiger partial charge in [0.25, 0.3) is 0 Å². The molecule has 1 aliphatic heterocycles. The van der Waals surface area contributed by atoms with E-state index >= 15 is 0 Å². The third-order valence-electron chi connectivity index (χ3n) is 4.10. The molecule has 0 saturated heterocycles. The molecule has 2 aromatic carbocycles. The molecule has 3 rings (SSSR count). The van der Waals surface area contributed by atoms with Gasteiger partial charge in [0.2, 0.25) is 5.91 Å². The van der Waals surface area contributed by atoms with Crippen molar-refractivity contribution in [2.45, 2.75) is 25.8 Å². The number of nitrogens with one attached hydrogen (secondary N) is 2. The fourth-order valence-electron chi connectivity index (χ4n) is 2.90. The van der Waals surface area contributed by atoms with Crippen molar-refractivity contribution in [2.24, 2.45) is 0 Å². The van der Waals surface area contributed by atoms with Crippen LogP contribution in [0.3, 0.4) is 0 Å². The molecule has 21 heavy (non-hydrogen) atoms. The molecular formula is C18H20N2O. The van der Waals surface area contributed by atoms with Crippen LogP contribution in [0.2, 0.25) is 0 Å². The molecule has 0 spiro atoms. The molecule has 0 fully saturated rings. The Kier molecular flexibility index (Phi) is 3.76. The molecule has 1 amide bonds. The highest BCUT2D eigenvalue weighted by molar-refractivity contribution is 5.99. The van der Waals surface area contributed by atoms with Gasteiger partial charge >= 0.3 is 0 Å². The van der Waals surface area contributed by atoms with Gasteiger partial charge in [-0.25, -0.2) is 0 Å². The minimum atomic E-state index is 0.0791. The summed E-state index contributed by atoms with van der Waals surface area (Å²) in [6, 6.07) is 15.1.